The fraction of sp³-hybridized carbons (Fsp3) is 0.794. The molecule has 4 atom stereocenters. The Morgan fingerprint density at radius 1 is 1.11 bits per heavy atom. The van der Waals surface area contributed by atoms with E-state index in [1.54, 1.807) is 23.1 Å². The molecule has 2 aliphatic carbocycles. The average molecular weight is 617 g/mol. The third-order valence-corrected chi connectivity index (χ3v) is 9.14. The normalized spacial score (nSPS) is 23.3. The van der Waals surface area contributed by atoms with Crippen molar-refractivity contribution in [2.24, 2.45) is 17.8 Å². The summed E-state index contributed by atoms with van der Waals surface area (Å²) in [5.74, 6) is 0.707. The maximum absolute atomic E-state index is 14.4. The van der Waals surface area contributed by atoms with Crippen LogP contribution < -0.4 is 15.0 Å². The number of amides is 2. The van der Waals surface area contributed by atoms with Crippen molar-refractivity contribution in [2.45, 2.75) is 123 Å². The molecule has 3 fully saturated rings. The summed E-state index contributed by atoms with van der Waals surface area (Å²) in [5, 5.41) is 14.5. The summed E-state index contributed by atoms with van der Waals surface area (Å²) in [7, 11) is 1.64. The number of nitrogens with one attached hydrogen (secondary N) is 1. The molecule has 248 valence electrons. The van der Waals surface area contributed by atoms with Crippen molar-refractivity contribution >= 4 is 17.6 Å². The zero-order valence-electron chi connectivity index (χ0n) is 28.0. The fourth-order valence-electron chi connectivity index (χ4n) is 6.64. The number of aliphatic hydroxyl groups is 1. The monoisotopic (exact) mass is 616 g/mol. The van der Waals surface area contributed by atoms with Crippen LogP contribution in [0.1, 0.15) is 104 Å². The quantitative estimate of drug-likeness (QED) is 0.303. The van der Waals surface area contributed by atoms with Crippen LogP contribution in [0.2, 0.25) is 0 Å². The molecule has 44 heavy (non-hydrogen) atoms. The van der Waals surface area contributed by atoms with Crippen LogP contribution in [0.3, 0.4) is 0 Å². The van der Waals surface area contributed by atoms with E-state index in [1.165, 1.54) is 19.3 Å². The number of aliphatic hydroxyl groups excluding tert-OH is 1. The molecule has 1 unspecified atom stereocenters. The zero-order chi connectivity index (χ0) is 32.0. The Morgan fingerprint density at radius 3 is 2.39 bits per heavy atom. The van der Waals surface area contributed by atoms with E-state index >= 15 is 0 Å². The number of anilines is 1. The number of hydrogen-bond donors (Lipinski definition) is 2. The van der Waals surface area contributed by atoms with E-state index in [9.17, 15) is 14.7 Å². The van der Waals surface area contributed by atoms with Gasteiger partial charge in [0.2, 0.25) is 18.2 Å². The number of carbonyl (C=O) groups is 2. The molecular weight excluding hydrogens is 560 g/mol. The first-order chi connectivity index (χ1) is 20.9. The molecule has 0 aromatic carbocycles. The predicted octanol–water partition coefficient (Wildman–Crippen LogP) is 4.84. The van der Waals surface area contributed by atoms with Gasteiger partial charge in [-0.2, -0.15) is 0 Å². The van der Waals surface area contributed by atoms with Crippen molar-refractivity contribution in [2.75, 3.05) is 38.3 Å². The first kappa shape index (κ1) is 34.6. The molecule has 3 aliphatic rings. The van der Waals surface area contributed by atoms with Gasteiger partial charge in [0.15, 0.2) is 0 Å². The maximum Gasteiger partial charge on any atom is 0.232 e. The third-order valence-electron chi connectivity index (χ3n) is 9.14. The van der Waals surface area contributed by atoms with E-state index in [1.807, 2.05) is 33.8 Å². The van der Waals surface area contributed by atoms with Crippen LogP contribution in [0.15, 0.2) is 12.3 Å². The number of hydrogen-bond acceptors (Lipinski definition) is 8. The molecule has 4 rings (SSSR count). The molecule has 1 saturated heterocycles. The van der Waals surface area contributed by atoms with Crippen LogP contribution in [0.5, 0.6) is 5.75 Å². The molecule has 10 heteroatoms. The van der Waals surface area contributed by atoms with Gasteiger partial charge >= 0.3 is 0 Å². The average Bonchev–Trinajstić information content (AvgIpc) is 3.83. The molecule has 2 amide bonds. The van der Waals surface area contributed by atoms with Crippen LogP contribution in [-0.2, 0) is 19.1 Å². The molecular formula is C34H56N4O6. The Labute approximate surface area is 264 Å². The highest BCUT2D eigenvalue weighted by atomic mass is 16.6. The molecule has 1 aromatic heterocycles. The second-order valence-electron chi connectivity index (χ2n) is 14.2. The van der Waals surface area contributed by atoms with Gasteiger partial charge in [-0.05, 0) is 71.6 Å². The number of pyridine rings is 1. The van der Waals surface area contributed by atoms with Crippen molar-refractivity contribution in [3.8, 4) is 5.75 Å². The number of carbonyl (C=O) groups excluding carboxylic acids is 2. The standard InChI is InChI=1S/C34H56N4O6/c1-8-43-21-28(23-12-10-9-11-13-23)36-31(39)24-16-25(20-37(19-24)33(41)44-34(4,5)6)32(40)38(26-14-15-26)30-17-29(42-7)27(18-35-30)22(2)3/h17-18,22-26,28,33,41H,8-16,19-21H2,1-7H3,(H,36,39)/t24-,25+,28+,33?/m0/s1. The van der Waals surface area contributed by atoms with Gasteiger partial charge in [0, 0.05) is 43.6 Å². The highest BCUT2D eigenvalue weighted by Crippen LogP contribution is 2.38. The van der Waals surface area contributed by atoms with Crippen molar-refractivity contribution in [3.63, 3.8) is 0 Å². The van der Waals surface area contributed by atoms with Gasteiger partial charge in [0.05, 0.1) is 37.2 Å². The lowest BCUT2D eigenvalue weighted by Gasteiger charge is -2.42. The van der Waals surface area contributed by atoms with E-state index < -0.39 is 23.9 Å². The second kappa shape index (κ2) is 15.3. The van der Waals surface area contributed by atoms with Crippen molar-refractivity contribution in [3.05, 3.63) is 17.8 Å². The summed E-state index contributed by atoms with van der Waals surface area (Å²) in [6.07, 6.45) is 8.48. The topological polar surface area (TPSA) is 113 Å². The summed E-state index contributed by atoms with van der Waals surface area (Å²) >= 11 is 0. The second-order valence-corrected chi connectivity index (χ2v) is 14.2. The first-order valence-corrected chi connectivity index (χ1v) is 16.8. The van der Waals surface area contributed by atoms with Crippen molar-refractivity contribution < 1.29 is 28.9 Å². The number of likely N-dealkylation sites (tertiary alicyclic amines) is 1. The van der Waals surface area contributed by atoms with Gasteiger partial charge in [0.1, 0.15) is 11.6 Å². The van der Waals surface area contributed by atoms with Crippen LogP contribution >= 0.6 is 0 Å². The van der Waals surface area contributed by atoms with E-state index in [-0.39, 0.29) is 36.4 Å². The van der Waals surface area contributed by atoms with Crippen molar-refractivity contribution in [1.29, 1.82) is 0 Å². The molecule has 0 spiro atoms. The van der Waals surface area contributed by atoms with Crippen LogP contribution in [0, 0.1) is 17.8 Å². The summed E-state index contributed by atoms with van der Waals surface area (Å²) < 4.78 is 17.4. The Morgan fingerprint density at radius 2 is 1.80 bits per heavy atom. The van der Waals surface area contributed by atoms with E-state index in [4.69, 9.17) is 19.2 Å². The molecule has 0 radical (unpaired) electrons. The van der Waals surface area contributed by atoms with Gasteiger partial charge in [-0.15, -0.1) is 0 Å². The number of aromatic nitrogens is 1. The van der Waals surface area contributed by atoms with Crippen LogP contribution in [-0.4, -0.2) is 84.3 Å². The summed E-state index contributed by atoms with van der Waals surface area (Å²) in [6, 6.07) is 1.85. The number of methoxy groups -OCH3 is 1. The lowest BCUT2D eigenvalue weighted by atomic mass is 9.83. The Kier molecular flexibility index (Phi) is 12.1. The number of ether oxygens (including phenoxy) is 3. The van der Waals surface area contributed by atoms with Crippen LogP contribution in [0.4, 0.5) is 5.82 Å². The molecule has 2 N–H and O–H groups in total. The minimum Gasteiger partial charge on any atom is -0.496 e. The SMILES string of the molecule is CCOC[C@@H](NC(=O)[C@H]1C[C@@H](C(=O)N(c2cc(OC)c(C(C)C)cn2)C2CC2)CN(C(O)OC(C)(C)C)C1)C1CCCCC1. The predicted molar refractivity (Wildman–Crippen MR) is 170 cm³/mol. The summed E-state index contributed by atoms with van der Waals surface area (Å²) in [5.41, 5.74) is 0.387. The molecule has 1 aliphatic heterocycles. The minimum absolute atomic E-state index is 0.0601. The molecule has 10 nitrogen and oxygen atoms in total. The van der Waals surface area contributed by atoms with Gasteiger partial charge in [-0.25, -0.2) is 4.98 Å². The summed E-state index contributed by atoms with van der Waals surface area (Å²) in [6.45, 7) is 13.4. The highest BCUT2D eigenvalue weighted by Gasteiger charge is 2.44. The lowest BCUT2D eigenvalue weighted by Crippen LogP contribution is -2.57. The van der Waals surface area contributed by atoms with E-state index in [0.29, 0.717) is 43.7 Å². The van der Waals surface area contributed by atoms with Gasteiger partial charge < -0.3 is 24.6 Å². The van der Waals surface area contributed by atoms with Crippen LogP contribution in [0.25, 0.3) is 0 Å². The molecule has 2 heterocycles. The van der Waals surface area contributed by atoms with Gasteiger partial charge in [-0.3, -0.25) is 19.4 Å². The number of piperidine rings is 1. The molecule has 0 bridgehead atoms. The van der Waals surface area contributed by atoms with Gasteiger partial charge in [0.25, 0.3) is 0 Å². The smallest absolute Gasteiger partial charge is 0.232 e. The summed E-state index contributed by atoms with van der Waals surface area (Å²) in [4.78, 5) is 36.6. The fourth-order valence-corrected chi connectivity index (χ4v) is 6.64. The largest absolute Gasteiger partial charge is 0.496 e. The Bertz CT molecular complexity index is 1100. The Hall–Kier alpha value is -2.27. The highest BCUT2D eigenvalue weighted by molar-refractivity contribution is 5.96. The Balaban J connectivity index is 1.58. The minimum atomic E-state index is -1.24. The molecule has 2 saturated carbocycles. The number of rotatable bonds is 13. The molecule has 1 aromatic rings. The lowest BCUT2D eigenvalue weighted by molar-refractivity contribution is -0.247. The third kappa shape index (κ3) is 9.14. The maximum atomic E-state index is 14.4. The zero-order valence-corrected chi connectivity index (χ0v) is 28.0. The van der Waals surface area contributed by atoms with Gasteiger partial charge in [-0.1, -0.05) is 33.1 Å². The van der Waals surface area contributed by atoms with E-state index in [0.717, 1.165) is 31.2 Å². The number of nitrogens with zero attached hydrogens (tertiary/aromatic N) is 3. The van der Waals surface area contributed by atoms with E-state index in [2.05, 4.69) is 19.2 Å². The van der Waals surface area contributed by atoms with Crippen molar-refractivity contribution in [1.82, 2.24) is 15.2 Å². The first-order valence-electron chi connectivity index (χ1n) is 16.8.